The molecule has 1 N–H and O–H groups in total. The van der Waals surface area contributed by atoms with Gasteiger partial charge in [0.05, 0.1) is 30.8 Å². The van der Waals surface area contributed by atoms with Gasteiger partial charge in [-0.05, 0) is 50.3 Å². The quantitative estimate of drug-likeness (QED) is 0.612. The fourth-order valence-corrected chi connectivity index (χ4v) is 3.35. The zero-order valence-corrected chi connectivity index (χ0v) is 17.8. The molecule has 0 spiro atoms. The standard InChI is InChI=1S/C23H26N4O3/c1-5-15-10-16-8-9-17(11-18(16)25-22(15)28)23(4,14-24)13-19-26-20(29-6-2)12-21(27-19)30-7-3/h8-12H,5-7,13H2,1-4H3,(H,25,28). The first-order valence-electron chi connectivity index (χ1n) is 10.1. The molecule has 0 amide bonds. The van der Waals surface area contributed by atoms with Gasteiger partial charge in [-0.15, -0.1) is 0 Å². The molecule has 2 aromatic heterocycles. The Balaban J connectivity index is 2.01. The van der Waals surface area contributed by atoms with E-state index in [0.29, 0.717) is 42.7 Å². The van der Waals surface area contributed by atoms with Crippen molar-refractivity contribution in [1.29, 1.82) is 5.26 Å². The van der Waals surface area contributed by atoms with E-state index in [1.54, 1.807) is 6.07 Å². The van der Waals surface area contributed by atoms with Crippen molar-refractivity contribution in [3.8, 4) is 17.8 Å². The van der Waals surface area contributed by atoms with Crippen LogP contribution in [0.3, 0.4) is 0 Å². The summed E-state index contributed by atoms with van der Waals surface area (Å²) in [5, 5.41) is 10.9. The number of hydrogen-bond acceptors (Lipinski definition) is 6. The van der Waals surface area contributed by atoms with E-state index in [2.05, 4.69) is 21.0 Å². The average Bonchev–Trinajstić information content (AvgIpc) is 2.73. The number of pyridine rings is 1. The average molecular weight is 406 g/mol. The summed E-state index contributed by atoms with van der Waals surface area (Å²) in [4.78, 5) is 24.0. The van der Waals surface area contributed by atoms with Gasteiger partial charge in [0.15, 0.2) is 0 Å². The second-order valence-corrected chi connectivity index (χ2v) is 7.23. The number of fused-ring (bicyclic) bond motifs is 1. The van der Waals surface area contributed by atoms with Crippen LogP contribution in [0.5, 0.6) is 11.8 Å². The Morgan fingerprint density at radius 3 is 2.30 bits per heavy atom. The summed E-state index contributed by atoms with van der Waals surface area (Å²) in [5.74, 6) is 1.30. The molecule has 1 unspecified atom stereocenters. The molecular weight excluding hydrogens is 380 g/mol. The monoisotopic (exact) mass is 406 g/mol. The molecule has 0 bridgehead atoms. The first kappa shape index (κ1) is 21.3. The highest BCUT2D eigenvalue weighted by Crippen LogP contribution is 2.30. The van der Waals surface area contributed by atoms with E-state index in [9.17, 15) is 10.1 Å². The molecule has 156 valence electrons. The minimum Gasteiger partial charge on any atom is -0.478 e. The number of nitrogens with one attached hydrogen (secondary N) is 1. The molecule has 0 aliphatic heterocycles. The zero-order chi connectivity index (χ0) is 21.7. The molecule has 0 saturated heterocycles. The highest BCUT2D eigenvalue weighted by atomic mass is 16.5. The summed E-state index contributed by atoms with van der Waals surface area (Å²) >= 11 is 0. The molecule has 0 fully saturated rings. The topological polar surface area (TPSA) is 101 Å². The van der Waals surface area contributed by atoms with E-state index in [-0.39, 0.29) is 12.0 Å². The molecule has 3 aromatic rings. The van der Waals surface area contributed by atoms with E-state index in [1.807, 2.05) is 52.0 Å². The van der Waals surface area contributed by atoms with Gasteiger partial charge < -0.3 is 14.5 Å². The lowest BCUT2D eigenvalue weighted by atomic mass is 9.80. The van der Waals surface area contributed by atoms with Crippen LogP contribution in [0.15, 0.2) is 35.1 Å². The number of nitriles is 1. The molecule has 0 saturated carbocycles. The Labute approximate surface area is 175 Å². The molecule has 3 rings (SSSR count). The molecule has 0 aliphatic rings. The van der Waals surface area contributed by atoms with Crippen LogP contribution in [0.1, 0.15) is 44.6 Å². The van der Waals surface area contributed by atoms with Crippen LogP contribution in [0.2, 0.25) is 0 Å². The molecule has 0 aliphatic carbocycles. The van der Waals surface area contributed by atoms with Gasteiger partial charge in [0.2, 0.25) is 11.8 Å². The first-order valence-corrected chi connectivity index (χ1v) is 10.1. The van der Waals surface area contributed by atoms with Crippen LogP contribution in [0, 0.1) is 11.3 Å². The third kappa shape index (κ3) is 4.43. The maximum Gasteiger partial charge on any atom is 0.251 e. The highest BCUT2D eigenvalue weighted by Gasteiger charge is 2.29. The number of aryl methyl sites for hydroxylation is 1. The number of nitrogens with zero attached hydrogens (tertiary/aromatic N) is 3. The van der Waals surface area contributed by atoms with Gasteiger partial charge in [0.1, 0.15) is 5.82 Å². The number of H-pyrrole nitrogens is 1. The number of aromatic amines is 1. The van der Waals surface area contributed by atoms with Crippen molar-refractivity contribution < 1.29 is 9.47 Å². The smallest absolute Gasteiger partial charge is 0.251 e. The van der Waals surface area contributed by atoms with Crippen LogP contribution in [0.25, 0.3) is 10.9 Å². The highest BCUT2D eigenvalue weighted by molar-refractivity contribution is 5.80. The summed E-state index contributed by atoms with van der Waals surface area (Å²) in [6.45, 7) is 8.47. The molecule has 30 heavy (non-hydrogen) atoms. The largest absolute Gasteiger partial charge is 0.478 e. The lowest BCUT2D eigenvalue weighted by Crippen LogP contribution is -2.24. The van der Waals surface area contributed by atoms with Crippen LogP contribution in [-0.4, -0.2) is 28.2 Å². The summed E-state index contributed by atoms with van der Waals surface area (Å²) in [6.07, 6.45) is 0.936. The molecule has 2 heterocycles. The number of aromatic nitrogens is 3. The fourth-order valence-electron chi connectivity index (χ4n) is 3.35. The van der Waals surface area contributed by atoms with Gasteiger partial charge in [-0.3, -0.25) is 4.79 Å². The maximum atomic E-state index is 12.2. The molecule has 7 nitrogen and oxygen atoms in total. The van der Waals surface area contributed by atoms with E-state index in [1.165, 1.54) is 0 Å². The minimum atomic E-state index is -0.900. The fraction of sp³-hybridized carbons (Fsp3) is 0.391. The number of rotatable bonds is 8. The lowest BCUT2D eigenvalue weighted by Gasteiger charge is -2.22. The Bertz CT molecular complexity index is 1130. The van der Waals surface area contributed by atoms with Crippen LogP contribution in [0.4, 0.5) is 0 Å². The van der Waals surface area contributed by atoms with Crippen molar-refractivity contribution in [1.82, 2.24) is 15.0 Å². The predicted molar refractivity (Wildman–Crippen MR) is 115 cm³/mol. The van der Waals surface area contributed by atoms with Crippen molar-refractivity contribution in [3.63, 3.8) is 0 Å². The van der Waals surface area contributed by atoms with E-state index >= 15 is 0 Å². The predicted octanol–water partition coefficient (Wildman–Crippen LogP) is 3.70. The number of hydrogen-bond donors (Lipinski definition) is 1. The van der Waals surface area contributed by atoms with Crippen LogP contribution < -0.4 is 15.0 Å². The van der Waals surface area contributed by atoms with Crippen molar-refractivity contribution in [2.24, 2.45) is 0 Å². The van der Waals surface area contributed by atoms with E-state index in [4.69, 9.17) is 9.47 Å². The number of ether oxygens (including phenoxy) is 2. The second kappa shape index (κ2) is 8.95. The summed E-state index contributed by atoms with van der Waals surface area (Å²) in [7, 11) is 0. The number of benzene rings is 1. The lowest BCUT2D eigenvalue weighted by molar-refractivity contribution is 0.302. The van der Waals surface area contributed by atoms with Crippen molar-refractivity contribution in [3.05, 3.63) is 57.6 Å². The third-order valence-corrected chi connectivity index (χ3v) is 5.01. The SMILES string of the molecule is CCOc1cc(OCC)nc(CC(C)(C#N)c2ccc3cc(CC)c(=O)[nH]c3c2)n1. The Morgan fingerprint density at radius 2 is 1.73 bits per heavy atom. The Hall–Kier alpha value is -3.40. The van der Waals surface area contributed by atoms with Gasteiger partial charge in [-0.1, -0.05) is 19.1 Å². The molecule has 1 aromatic carbocycles. The molecule has 0 radical (unpaired) electrons. The first-order chi connectivity index (χ1) is 14.4. The Morgan fingerprint density at radius 1 is 1.07 bits per heavy atom. The van der Waals surface area contributed by atoms with Gasteiger partial charge in [-0.25, -0.2) is 0 Å². The molecule has 1 atom stereocenters. The van der Waals surface area contributed by atoms with Gasteiger partial charge in [-0.2, -0.15) is 15.2 Å². The van der Waals surface area contributed by atoms with E-state index < -0.39 is 5.41 Å². The third-order valence-electron chi connectivity index (χ3n) is 5.01. The van der Waals surface area contributed by atoms with Gasteiger partial charge in [0.25, 0.3) is 5.56 Å². The maximum absolute atomic E-state index is 12.2. The molecule has 7 heteroatoms. The Kier molecular flexibility index (Phi) is 6.36. The van der Waals surface area contributed by atoms with Gasteiger partial charge in [0, 0.05) is 17.5 Å². The minimum absolute atomic E-state index is 0.102. The normalized spacial score (nSPS) is 12.9. The van der Waals surface area contributed by atoms with Crippen LogP contribution >= 0.6 is 0 Å². The van der Waals surface area contributed by atoms with E-state index in [0.717, 1.165) is 16.5 Å². The summed E-state index contributed by atoms with van der Waals surface area (Å²) in [6, 6.07) is 11.6. The summed E-state index contributed by atoms with van der Waals surface area (Å²) in [5.41, 5.74) is 1.22. The van der Waals surface area contributed by atoms with Crippen molar-refractivity contribution in [2.45, 2.75) is 46.0 Å². The van der Waals surface area contributed by atoms with Gasteiger partial charge >= 0.3 is 0 Å². The van der Waals surface area contributed by atoms with Crippen molar-refractivity contribution >= 4 is 10.9 Å². The summed E-state index contributed by atoms with van der Waals surface area (Å²) < 4.78 is 11.1. The second-order valence-electron chi connectivity index (χ2n) is 7.23. The van der Waals surface area contributed by atoms with Crippen molar-refractivity contribution in [2.75, 3.05) is 13.2 Å². The zero-order valence-electron chi connectivity index (χ0n) is 17.8. The van der Waals surface area contributed by atoms with Crippen LogP contribution in [-0.2, 0) is 18.3 Å². The molecular formula is C23H26N4O3.